The maximum Gasteiger partial charge on any atom is 0.0192 e. The molecule has 0 saturated heterocycles. The first-order valence-corrected chi connectivity index (χ1v) is 6.11. The predicted molar refractivity (Wildman–Crippen MR) is 62.6 cm³/mol. The lowest BCUT2D eigenvalue weighted by Crippen LogP contribution is -2.42. The van der Waals surface area contributed by atoms with Crippen molar-refractivity contribution in [3.05, 3.63) is 0 Å². The van der Waals surface area contributed by atoms with E-state index in [2.05, 4.69) is 37.9 Å². The summed E-state index contributed by atoms with van der Waals surface area (Å²) in [6, 6.07) is 1.53. The van der Waals surface area contributed by atoms with Gasteiger partial charge in [-0.25, -0.2) is 0 Å². The second-order valence-electron chi connectivity index (χ2n) is 5.01. The molecular weight excluding hydrogens is 172 g/mol. The zero-order valence-corrected chi connectivity index (χ0v) is 10.2. The van der Waals surface area contributed by atoms with Gasteiger partial charge in [0.2, 0.25) is 0 Å². The van der Waals surface area contributed by atoms with Crippen LogP contribution in [0.3, 0.4) is 0 Å². The Bertz CT molecular complexity index is 152. The first-order valence-electron chi connectivity index (χ1n) is 6.11. The Morgan fingerprint density at radius 3 is 2.36 bits per heavy atom. The highest BCUT2D eigenvalue weighted by Crippen LogP contribution is 2.18. The summed E-state index contributed by atoms with van der Waals surface area (Å²) in [5, 5.41) is 3.60. The minimum atomic E-state index is 0.683. The third kappa shape index (κ3) is 4.43. The number of rotatable bonds is 7. The molecule has 14 heavy (non-hydrogen) atoms. The molecule has 0 aliphatic heterocycles. The second-order valence-corrected chi connectivity index (χ2v) is 5.01. The monoisotopic (exact) mass is 198 g/mol. The molecular formula is C12H26N2. The van der Waals surface area contributed by atoms with Gasteiger partial charge in [0.25, 0.3) is 0 Å². The molecule has 1 aliphatic carbocycles. The van der Waals surface area contributed by atoms with Crippen molar-refractivity contribution in [2.45, 2.75) is 52.6 Å². The van der Waals surface area contributed by atoms with Crippen molar-refractivity contribution in [1.29, 1.82) is 0 Å². The van der Waals surface area contributed by atoms with Gasteiger partial charge in [-0.1, -0.05) is 20.8 Å². The van der Waals surface area contributed by atoms with Crippen LogP contribution in [0.4, 0.5) is 0 Å². The van der Waals surface area contributed by atoms with Gasteiger partial charge in [-0.3, -0.25) is 4.90 Å². The lowest BCUT2D eigenvalue weighted by Gasteiger charge is -2.29. The van der Waals surface area contributed by atoms with E-state index in [0.29, 0.717) is 6.04 Å². The van der Waals surface area contributed by atoms with Gasteiger partial charge in [0.05, 0.1) is 0 Å². The SMILES string of the molecule is CCN(CC(C)C)C(C)CNC1CC1. The second kappa shape index (κ2) is 5.72. The highest BCUT2D eigenvalue weighted by molar-refractivity contribution is 4.83. The molecule has 1 N–H and O–H groups in total. The molecule has 1 rings (SSSR count). The number of nitrogens with one attached hydrogen (secondary N) is 1. The van der Waals surface area contributed by atoms with Crippen molar-refractivity contribution in [3.63, 3.8) is 0 Å². The predicted octanol–water partition coefficient (Wildman–Crippen LogP) is 2.10. The van der Waals surface area contributed by atoms with E-state index >= 15 is 0 Å². The van der Waals surface area contributed by atoms with Crippen LogP contribution in [0.1, 0.15) is 40.5 Å². The largest absolute Gasteiger partial charge is 0.312 e. The van der Waals surface area contributed by atoms with Gasteiger partial charge in [-0.05, 0) is 32.2 Å². The van der Waals surface area contributed by atoms with Crippen molar-refractivity contribution in [1.82, 2.24) is 10.2 Å². The van der Waals surface area contributed by atoms with E-state index in [1.54, 1.807) is 0 Å². The first kappa shape index (κ1) is 12.0. The van der Waals surface area contributed by atoms with E-state index in [9.17, 15) is 0 Å². The highest BCUT2D eigenvalue weighted by atomic mass is 15.2. The van der Waals surface area contributed by atoms with E-state index < -0.39 is 0 Å². The molecule has 0 radical (unpaired) electrons. The van der Waals surface area contributed by atoms with Gasteiger partial charge < -0.3 is 5.32 Å². The van der Waals surface area contributed by atoms with Crippen molar-refractivity contribution >= 4 is 0 Å². The molecule has 1 fully saturated rings. The summed E-state index contributed by atoms with van der Waals surface area (Å²) in [6.45, 7) is 12.7. The molecule has 1 aliphatic rings. The van der Waals surface area contributed by atoms with Crippen LogP contribution >= 0.6 is 0 Å². The summed E-state index contributed by atoms with van der Waals surface area (Å²) in [4.78, 5) is 2.57. The number of hydrogen-bond acceptors (Lipinski definition) is 2. The van der Waals surface area contributed by atoms with Gasteiger partial charge in [-0.15, -0.1) is 0 Å². The highest BCUT2D eigenvalue weighted by Gasteiger charge is 2.22. The summed E-state index contributed by atoms with van der Waals surface area (Å²) in [5.74, 6) is 0.776. The Morgan fingerprint density at radius 1 is 1.29 bits per heavy atom. The van der Waals surface area contributed by atoms with E-state index in [4.69, 9.17) is 0 Å². The third-order valence-electron chi connectivity index (χ3n) is 2.91. The maximum atomic E-state index is 3.60. The zero-order valence-electron chi connectivity index (χ0n) is 10.2. The van der Waals surface area contributed by atoms with Crippen LogP contribution < -0.4 is 5.32 Å². The van der Waals surface area contributed by atoms with E-state index in [1.807, 2.05) is 0 Å². The molecule has 1 saturated carbocycles. The normalized spacial score (nSPS) is 19.3. The standard InChI is InChI=1S/C12H26N2/c1-5-14(9-10(2)3)11(4)8-13-12-6-7-12/h10-13H,5-9H2,1-4H3. The smallest absolute Gasteiger partial charge is 0.0192 e. The van der Waals surface area contributed by atoms with Crippen LogP contribution in [0.25, 0.3) is 0 Å². The van der Waals surface area contributed by atoms with Crippen molar-refractivity contribution in [2.24, 2.45) is 5.92 Å². The van der Waals surface area contributed by atoms with Crippen molar-refractivity contribution in [3.8, 4) is 0 Å². The Kier molecular flexibility index (Phi) is 4.90. The Morgan fingerprint density at radius 2 is 1.93 bits per heavy atom. The molecule has 0 aromatic rings. The summed E-state index contributed by atoms with van der Waals surface area (Å²) in [6.07, 6.45) is 2.78. The first-order chi connectivity index (χ1) is 6.63. The topological polar surface area (TPSA) is 15.3 Å². The molecule has 84 valence electrons. The molecule has 0 spiro atoms. The fourth-order valence-electron chi connectivity index (χ4n) is 1.84. The van der Waals surface area contributed by atoms with Gasteiger partial charge in [-0.2, -0.15) is 0 Å². The molecule has 1 unspecified atom stereocenters. The van der Waals surface area contributed by atoms with E-state index in [-0.39, 0.29) is 0 Å². The molecule has 0 amide bonds. The van der Waals surface area contributed by atoms with Crippen LogP contribution in [0, 0.1) is 5.92 Å². The fraction of sp³-hybridized carbons (Fsp3) is 1.00. The molecule has 2 nitrogen and oxygen atoms in total. The van der Waals surface area contributed by atoms with Crippen LogP contribution in [0.5, 0.6) is 0 Å². The number of likely N-dealkylation sites (N-methyl/N-ethyl adjacent to an activating group) is 1. The lowest BCUT2D eigenvalue weighted by molar-refractivity contribution is 0.192. The van der Waals surface area contributed by atoms with Gasteiger partial charge in [0.1, 0.15) is 0 Å². The van der Waals surface area contributed by atoms with Crippen molar-refractivity contribution in [2.75, 3.05) is 19.6 Å². The summed E-state index contributed by atoms with van der Waals surface area (Å²) < 4.78 is 0. The van der Waals surface area contributed by atoms with E-state index in [1.165, 1.54) is 25.9 Å². The minimum absolute atomic E-state index is 0.683. The molecule has 0 bridgehead atoms. The van der Waals surface area contributed by atoms with Crippen LogP contribution in [-0.2, 0) is 0 Å². The van der Waals surface area contributed by atoms with Gasteiger partial charge in [0, 0.05) is 25.2 Å². The molecule has 2 heteroatoms. The quantitative estimate of drug-likeness (QED) is 0.674. The molecule has 0 heterocycles. The van der Waals surface area contributed by atoms with Gasteiger partial charge in [0.15, 0.2) is 0 Å². The van der Waals surface area contributed by atoms with E-state index in [0.717, 1.165) is 18.5 Å². The Labute approximate surface area is 89.1 Å². The molecule has 0 aromatic carbocycles. The number of hydrogen-bond donors (Lipinski definition) is 1. The Hall–Kier alpha value is -0.0800. The minimum Gasteiger partial charge on any atom is -0.312 e. The molecule has 0 aromatic heterocycles. The average molecular weight is 198 g/mol. The molecule has 1 atom stereocenters. The van der Waals surface area contributed by atoms with Crippen LogP contribution in [-0.4, -0.2) is 36.6 Å². The van der Waals surface area contributed by atoms with Gasteiger partial charge >= 0.3 is 0 Å². The Balaban J connectivity index is 2.18. The van der Waals surface area contributed by atoms with Crippen LogP contribution in [0.15, 0.2) is 0 Å². The average Bonchev–Trinajstić information content (AvgIpc) is 2.93. The fourth-order valence-corrected chi connectivity index (χ4v) is 1.84. The summed E-state index contributed by atoms with van der Waals surface area (Å²) in [5.41, 5.74) is 0. The number of nitrogens with zero attached hydrogens (tertiary/aromatic N) is 1. The lowest BCUT2D eigenvalue weighted by atomic mass is 10.1. The summed E-state index contributed by atoms with van der Waals surface area (Å²) >= 11 is 0. The third-order valence-corrected chi connectivity index (χ3v) is 2.91. The van der Waals surface area contributed by atoms with Crippen LogP contribution in [0.2, 0.25) is 0 Å². The zero-order chi connectivity index (χ0) is 10.6. The summed E-state index contributed by atoms with van der Waals surface area (Å²) in [7, 11) is 0. The maximum absolute atomic E-state index is 3.60. The van der Waals surface area contributed by atoms with Crippen molar-refractivity contribution < 1.29 is 0 Å².